The van der Waals surface area contributed by atoms with Crippen molar-refractivity contribution in [2.75, 3.05) is 11.9 Å². The number of imide groups is 1. The average Bonchev–Trinajstić information content (AvgIpc) is 3.48. The van der Waals surface area contributed by atoms with E-state index in [1.807, 2.05) is 48.6 Å². The SMILES string of the molecule is CC(C)[C@H](C(=O)OCC(=O)Nc1cccc2ccccc12)N1C(=O)[C@@H]2[C@@H](C1=O)[C@H]1C=C[C@H]2C1. The first kappa shape index (κ1) is 21.4. The van der Waals surface area contributed by atoms with Crippen molar-refractivity contribution in [1.82, 2.24) is 4.90 Å². The molecule has 7 heteroatoms. The number of fused-ring (bicyclic) bond motifs is 6. The summed E-state index contributed by atoms with van der Waals surface area (Å²) >= 11 is 0. The molecule has 2 aromatic rings. The number of rotatable bonds is 6. The summed E-state index contributed by atoms with van der Waals surface area (Å²) in [6.45, 7) is 3.04. The fraction of sp³-hybridized carbons (Fsp3) is 0.385. The molecule has 2 aliphatic carbocycles. The number of carbonyl (C=O) groups is 4. The lowest BCUT2D eigenvalue weighted by Gasteiger charge is -2.28. The van der Waals surface area contributed by atoms with Gasteiger partial charge in [0.05, 0.1) is 11.8 Å². The number of hydrogen-bond acceptors (Lipinski definition) is 5. The molecule has 5 rings (SSSR count). The second-order valence-electron chi connectivity index (χ2n) is 9.42. The van der Waals surface area contributed by atoms with Crippen LogP contribution < -0.4 is 5.32 Å². The van der Waals surface area contributed by atoms with Crippen LogP contribution in [0.3, 0.4) is 0 Å². The summed E-state index contributed by atoms with van der Waals surface area (Å²) in [5.74, 6) is -2.77. The Kier molecular flexibility index (Phi) is 5.27. The molecule has 1 saturated carbocycles. The van der Waals surface area contributed by atoms with Crippen molar-refractivity contribution in [3.63, 3.8) is 0 Å². The fourth-order valence-electron chi connectivity index (χ4n) is 5.62. The minimum absolute atomic E-state index is 0.0664. The third kappa shape index (κ3) is 3.52. The Morgan fingerprint density at radius 3 is 2.30 bits per heavy atom. The third-order valence-electron chi connectivity index (χ3n) is 7.06. The lowest BCUT2D eigenvalue weighted by atomic mass is 9.85. The molecule has 2 bridgehead atoms. The van der Waals surface area contributed by atoms with Gasteiger partial charge in [0.15, 0.2) is 6.61 Å². The van der Waals surface area contributed by atoms with Gasteiger partial charge in [0, 0.05) is 11.1 Å². The number of hydrogen-bond donors (Lipinski definition) is 1. The topological polar surface area (TPSA) is 92.8 Å². The molecular weight excluding hydrogens is 420 g/mol. The molecule has 1 heterocycles. The minimum atomic E-state index is -1.04. The summed E-state index contributed by atoms with van der Waals surface area (Å²) in [7, 11) is 0. The number of allylic oxidation sites excluding steroid dienone is 2. The predicted molar refractivity (Wildman–Crippen MR) is 122 cm³/mol. The summed E-state index contributed by atoms with van der Waals surface area (Å²) < 4.78 is 5.30. The summed E-state index contributed by atoms with van der Waals surface area (Å²) in [5, 5.41) is 4.63. The molecule has 1 aliphatic heterocycles. The van der Waals surface area contributed by atoms with Crippen LogP contribution in [0, 0.1) is 29.6 Å². The van der Waals surface area contributed by atoms with Crippen LogP contribution in [0.1, 0.15) is 20.3 Å². The second-order valence-corrected chi connectivity index (χ2v) is 9.42. The molecule has 0 spiro atoms. The highest BCUT2D eigenvalue weighted by Crippen LogP contribution is 2.53. The van der Waals surface area contributed by atoms with Gasteiger partial charge >= 0.3 is 5.97 Å². The van der Waals surface area contributed by atoms with Gasteiger partial charge in [0.2, 0.25) is 11.8 Å². The maximum absolute atomic E-state index is 13.1. The monoisotopic (exact) mass is 446 g/mol. The zero-order chi connectivity index (χ0) is 23.3. The number of nitrogens with one attached hydrogen (secondary N) is 1. The first-order chi connectivity index (χ1) is 15.9. The number of benzene rings is 2. The summed E-state index contributed by atoms with van der Waals surface area (Å²) in [6, 6.07) is 12.2. The summed E-state index contributed by atoms with van der Waals surface area (Å²) in [6.07, 6.45) is 4.85. The zero-order valence-electron chi connectivity index (χ0n) is 18.6. The van der Waals surface area contributed by atoms with E-state index in [1.165, 1.54) is 0 Å². The highest BCUT2D eigenvalue weighted by Gasteiger charge is 2.61. The van der Waals surface area contributed by atoms with E-state index in [0.717, 1.165) is 22.1 Å². The van der Waals surface area contributed by atoms with Gasteiger partial charge in [-0.15, -0.1) is 0 Å². The predicted octanol–water partition coefficient (Wildman–Crippen LogP) is 3.15. The molecular formula is C26H26N2O5. The van der Waals surface area contributed by atoms with Gasteiger partial charge < -0.3 is 10.1 Å². The van der Waals surface area contributed by atoms with E-state index in [4.69, 9.17) is 4.74 Å². The Morgan fingerprint density at radius 1 is 1.00 bits per heavy atom. The number of carbonyl (C=O) groups excluding carboxylic acids is 4. The Bertz CT molecular complexity index is 1150. The van der Waals surface area contributed by atoms with Crippen LogP contribution in [-0.2, 0) is 23.9 Å². The van der Waals surface area contributed by atoms with Gasteiger partial charge in [0.1, 0.15) is 6.04 Å². The van der Waals surface area contributed by atoms with Gasteiger partial charge in [0.25, 0.3) is 5.91 Å². The van der Waals surface area contributed by atoms with Crippen molar-refractivity contribution >= 4 is 40.2 Å². The van der Waals surface area contributed by atoms with Crippen LogP contribution in [0.5, 0.6) is 0 Å². The molecule has 0 aromatic heterocycles. The third-order valence-corrected chi connectivity index (χ3v) is 7.06. The number of ether oxygens (including phenoxy) is 1. The van der Waals surface area contributed by atoms with E-state index in [1.54, 1.807) is 19.9 Å². The molecule has 0 unspecified atom stereocenters. The van der Waals surface area contributed by atoms with E-state index in [9.17, 15) is 19.2 Å². The first-order valence-corrected chi connectivity index (χ1v) is 11.4. The van der Waals surface area contributed by atoms with Gasteiger partial charge in [-0.3, -0.25) is 19.3 Å². The van der Waals surface area contributed by atoms with E-state index in [0.29, 0.717) is 5.69 Å². The number of amides is 3. The largest absolute Gasteiger partial charge is 0.454 e. The number of esters is 1. The fourth-order valence-corrected chi connectivity index (χ4v) is 5.62. The Balaban J connectivity index is 1.27. The Morgan fingerprint density at radius 2 is 1.64 bits per heavy atom. The van der Waals surface area contributed by atoms with Crippen LogP contribution in [0.25, 0.3) is 10.8 Å². The zero-order valence-corrected chi connectivity index (χ0v) is 18.6. The number of likely N-dealkylation sites (tertiary alicyclic amines) is 1. The normalized spacial score (nSPS) is 26.2. The number of nitrogens with zero attached hydrogens (tertiary/aromatic N) is 1. The van der Waals surface area contributed by atoms with Gasteiger partial charge in [-0.25, -0.2) is 4.79 Å². The molecule has 7 nitrogen and oxygen atoms in total. The number of anilines is 1. The molecule has 2 fully saturated rings. The van der Waals surface area contributed by atoms with Gasteiger partial charge in [-0.2, -0.15) is 0 Å². The molecule has 5 atom stereocenters. The lowest BCUT2D eigenvalue weighted by Crippen LogP contribution is -2.50. The maximum atomic E-state index is 13.1. The van der Waals surface area contributed by atoms with Crippen molar-refractivity contribution in [2.24, 2.45) is 29.6 Å². The molecule has 1 saturated heterocycles. The van der Waals surface area contributed by atoms with Crippen molar-refractivity contribution in [1.29, 1.82) is 0 Å². The van der Waals surface area contributed by atoms with Crippen LogP contribution in [-0.4, -0.2) is 41.2 Å². The molecule has 3 amide bonds. The summed E-state index contributed by atoms with van der Waals surface area (Å²) in [4.78, 5) is 52.8. The van der Waals surface area contributed by atoms with Crippen LogP contribution in [0.15, 0.2) is 54.6 Å². The maximum Gasteiger partial charge on any atom is 0.330 e. The van der Waals surface area contributed by atoms with Crippen LogP contribution >= 0.6 is 0 Å². The molecule has 0 radical (unpaired) electrons. The Hall–Kier alpha value is -3.48. The van der Waals surface area contributed by atoms with Crippen LogP contribution in [0.2, 0.25) is 0 Å². The first-order valence-electron chi connectivity index (χ1n) is 11.4. The van der Waals surface area contributed by atoms with Crippen molar-refractivity contribution in [3.8, 4) is 0 Å². The lowest BCUT2D eigenvalue weighted by molar-refractivity contribution is -0.162. The summed E-state index contributed by atoms with van der Waals surface area (Å²) in [5.41, 5.74) is 0.621. The van der Waals surface area contributed by atoms with Gasteiger partial charge in [-0.05, 0) is 35.6 Å². The molecule has 33 heavy (non-hydrogen) atoms. The van der Waals surface area contributed by atoms with Crippen molar-refractivity contribution in [3.05, 3.63) is 54.6 Å². The van der Waals surface area contributed by atoms with Crippen molar-refractivity contribution in [2.45, 2.75) is 26.3 Å². The highest BCUT2D eigenvalue weighted by atomic mass is 16.5. The van der Waals surface area contributed by atoms with Crippen LogP contribution in [0.4, 0.5) is 5.69 Å². The average molecular weight is 447 g/mol. The highest BCUT2D eigenvalue weighted by molar-refractivity contribution is 6.09. The smallest absolute Gasteiger partial charge is 0.330 e. The van der Waals surface area contributed by atoms with E-state index >= 15 is 0 Å². The second kappa shape index (κ2) is 8.14. The molecule has 2 aromatic carbocycles. The van der Waals surface area contributed by atoms with E-state index in [-0.39, 0.29) is 41.4 Å². The van der Waals surface area contributed by atoms with E-state index < -0.39 is 24.5 Å². The van der Waals surface area contributed by atoms with E-state index in [2.05, 4.69) is 5.32 Å². The standard InChI is InChI=1S/C26H26N2O5/c1-14(2)23(28-24(30)21-16-10-11-17(12-16)22(21)25(28)31)26(32)33-13-20(29)27-19-9-5-7-15-6-3-4-8-18(15)19/h3-11,14,16-17,21-23H,12-13H2,1-2H3,(H,27,29)/t16-,17-,21-,22-,23+/m0/s1. The molecule has 3 aliphatic rings. The van der Waals surface area contributed by atoms with Gasteiger partial charge in [-0.1, -0.05) is 62.4 Å². The quantitative estimate of drug-likeness (QED) is 0.418. The van der Waals surface area contributed by atoms with Crippen molar-refractivity contribution < 1.29 is 23.9 Å². The minimum Gasteiger partial charge on any atom is -0.454 e. The Labute approximate surface area is 191 Å². The molecule has 170 valence electrons. The molecule has 1 N–H and O–H groups in total.